The largest absolute Gasteiger partial charge is 0.335 e. The van der Waals surface area contributed by atoms with Gasteiger partial charge in [0.25, 0.3) is 11.5 Å². The third-order valence-corrected chi connectivity index (χ3v) is 8.19. The maximum absolute atomic E-state index is 13.8. The highest BCUT2D eigenvalue weighted by Crippen LogP contribution is 2.39. The van der Waals surface area contributed by atoms with Crippen molar-refractivity contribution in [3.63, 3.8) is 0 Å². The minimum Gasteiger partial charge on any atom is -0.335 e. The van der Waals surface area contributed by atoms with E-state index >= 15 is 0 Å². The first-order valence-electron chi connectivity index (χ1n) is 13.4. The molecule has 2 aromatic carbocycles. The van der Waals surface area contributed by atoms with Crippen LogP contribution >= 0.6 is 0 Å². The van der Waals surface area contributed by atoms with E-state index in [4.69, 9.17) is 0 Å². The molecule has 2 aromatic heterocycles. The average Bonchev–Trinajstić information content (AvgIpc) is 3.44. The molecule has 2 fully saturated rings. The van der Waals surface area contributed by atoms with Crippen molar-refractivity contribution in [1.29, 1.82) is 0 Å². The summed E-state index contributed by atoms with van der Waals surface area (Å²) in [6.45, 7) is 2.66. The first kappa shape index (κ1) is 24.3. The lowest BCUT2D eigenvalue weighted by Crippen LogP contribution is -2.61. The van der Waals surface area contributed by atoms with Crippen molar-refractivity contribution in [3.8, 4) is 22.4 Å². The van der Waals surface area contributed by atoms with Gasteiger partial charge in [-0.1, -0.05) is 79.6 Å². The van der Waals surface area contributed by atoms with Crippen molar-refractivity contribution < 1.29 is 4.79 Å². The summed E-state index contributed by atoms with van der Waals surface area (Å²) >= 11 is 0. The van der Waals surface area contributed by atoms with Gasteiger partial charge in [-0.25, -0.2) is 0 Å². The maximum Gasteiger partial charge on any atom is 0.254 e. The fraction of sp³-hybridized carbons (Fsp3) is 0.281. The number of nitrogens with one attached hydrogen (secondary N) is 1. The van der Waals surface area contributed by atoms with Crippen molar-refractivity contribution in [2.45, 2.75) is 37.8 Å². The number of benzene rings is 2. The first-order valence-corrected chi connectivity index (χ1v) is 13.4. The van der Waals surface area contributed by atoms with Crippen LogP contribution in [-0.2, 0) is 6.54 Å². The molecule has 0 radical (unpaired) electrons. The minimum absolute atomic E-state index is 0.0395. The molecule has 0 unspecified atom stereocenters. The summed E-state index contributed by atoms with van der Waals surface area (Å²) in [5.74, 6) is 0.0576. The molecular formula is C32H32N4O2. The van der Waals surface area contributed by atoms with Gasteiger partial charge < -0.3 is 9.88 Å². The topological polar surface area (TPSA) is 69.3 Å². The molecule has 1 saturated heterocycles. The Morgan fingerprint density at radius 3 is 2.29 bits per heavy atom. The number of amides is 1. The van der Waals surface area contributed by atoms with Crippen molar-refractivity contribution in [1.82, 2.24) is 19.8 Å². The van der Waals surface area contributed by atoms with Crippen LogP contribution in [-0.4, -0.2) is 50.8 Å². The monoisotopic (exact) mass is 504 g/mol. The third kappa shape index (κ3) is 4.68. The minimum atomic E-state index is -0.0988. The van der Waals surface area contributed by atoms with Gasteiger partial charge >= 0.3 is 0 Å². The van der Waals surface area contributed by atoms with Crippen LogP contribution in [0, 0.1) is 0 Å². The van der Waals surface area contributed by atoms with E-state index in [2.05, 4.69) is 14.9 Å². The second-order valence-electron chi connectivity index (χ2n) is 10.5. The van der Waals surface area contributed by atoms with Crippen LogP contribution < -0.4 is 5.56 Å². The predicted molar refractivity (Wildman–Crippen MR) is 150 cm³/mol. The molecule has 6 rings (SSSR count). The van der Waals surface area contributed by atoms with E-state index in [1.165, 1.54) is 0 Å². The summed E-state index contributed by atoms with van der Waals surface area (Å²) in [7, 11) is 0. The zero-order valence-corrected chi connectivity index (χ0v) is 21.5. The summed E-state index contributed by atoms with van der Waals surface area (Å²) < 4.78 is 0. The van der Waals surface area contributed by atoms with Gasteiger partial charge in [0.05, 0.1) is 5.56 Å². The van der Waals surface area contributed by atoms with E-state index in [1.807, 2.05) is 83.8 Å². The highest BCUT2D eigenvalue weighted by Gasteiger charge is 2.45. The van der Waals surface area contributed by atoms with Crippen LogP contribution in [0.25, 0.3) is 22.4 Å². The molecule has 0 bridgehead atoms. The number of carbonyl (C=O) groups is 1. The fourth-order valence-corrected chi connectivity index (χ4v) is 6.16. The van der Waals surface area contributed by atoms with Gasteiger partial charge in [0.2, 0.25) is 0 Å². The second kappa shape index (κ2) is 10.4. The molecule has 1 amide bonds. The summed E-state index contributed by atoms with van der Waals surface area (Å²) in [4.78, 5) is 38.8. The Bertz CT molecular complexity index is 1480. The van der Waals surface area contributed by atoms with Gasteiger partial charge in [-0.2, -0.15) is 0 Å². The molecule has 1 saturated carbocycles. The predicted octanol–water partition coefficient (Wildman–Crippen LogP) is 5.37. The number of rotatable bonds is 5. The van der Waals surface area contributed by atoms with Crippen molar-refractivity contribution in [2.24, 2.45) is 0 Å². The van der Waals surface area contributed by atoms with Gasteiger partial charge in [-0.3, -0.25) is 19.5 Å². The third-order valence-electron chi connectivity index (χ3n) is 8.19. The molecule has 6 heteroatoms. The lowest BCUT2D eigenvalue weighted by atomic mass is 9.90. The number of piperazine rings is 1. The van der Waals surface area contributed by atoms with Crippen molar-refractivity contribution >= 4 is 5.91 Å². The number of hydrogen-bond acceptors (Lipinski definition) is 4. The number of pyridine rings is 2. The Labute approximate surface area is 223 Å². The Morgan fingerprint density at radius 1 is 0.868 bits per heavy atom. The lowest BCUT2D eigenvalue weighted by Gasteiger charge is -2.49. The molecule has 1 aliphatic carbocycles. The van der Waals surface area contributed by atoms with E-state index in [-0.39, 0.29) is 17.0 Å². The molecule has 1 spiro atoms. The summed E-state index contributed by atoms with van der Waals surface area (Å²) in [5.41, 5.74) is 5.03. The van der Waals surface area contributed by atoms with E-state index in [0.29, 0.717) is 25.2 Å². The Hall–Kier alpha value is -4.03. The normalized spacial score (nSPS) is 17.1. The zero-order chi connectivity index (χ0) is 26.0. The van der Waals surface area contributed by atoms with Crippen LogP contribution in [0.15, 0.2) is 96.1 Å². The SMILES string of the molecule is O=C(c1ccncc1-c1ccccc1)N1CCN(Cc2ccc(-c3ccccc3)[nH]c2=O)C2(CCCC2)C1. The van der Waals surface area contributed by atoms with Gasteiger partial charge in [0, 0.05) is 60.9 Å². The van der Waals surface area contributed by atoms with E-state index < -0.39 is 0 Å². The molecular weight excluding hydrogens is 472 g/mol. The quantitative estimate of drug-likeness (QED) is 0.397. The number of aromatic amines is 1. The molecule has 6 nitrogen and oxygen atoms in total. The van der Waals surface area contributed by atoms with Crippen LogP contribution in [0.1, 0.15) is 41.6 Å². The average molecular weight is 505 g/mol. The molecule has 192 valence electrons. The van der Waals surface area contributed by atoms with Crippen LogP contribution in [0.3, 0.4) is 0 Å². The summed E-state index contributed by atoms with van der Waals surface area (Å²) in [5, 5.41) is 0. The van der Waals surface area contributed by atoms with E-state index in [0.717, 1.165) is 60.2 Å². The summed E-state index contributed by atoms with van der Waals surface area (Å²) in [6.07, 6.45) is 7.86. The maximum atomic E-state index is 13.8. The number of H-pyrrole nitrogens is 1. The van der Waals surface area contributed by atoms with Crippen LogP contribution in [0.5, 0.6) is 0 Å². The Balaban J connectivity index is 1.23. The molecule has 4 aromatic rings. The fourth-order valence-electron chi connectivity index (χ4n) is 6.16. The van der Waals surface area contributed by atoms with Crippen molar-refractivity contribution in [2.75, 3.05) is 19.6 Å². The molecule has 3 heterocycles. The number of aromatic nitrogens is 2. The molecule has 38 heavy (non-hydrogen) atoms. The van der Waals surface area contributed by atoms with E-state index in [9.17, 15) is 9.59 Å². The van der Waals surface area contributed by atoms with E-state index in [1.54, 1.807) is 12.4 Å². The molecule has 1 N–H and O–H groups in total. The van der Waals surface area contributed by atoms with Gasteiger partial charge in [0.15, 0.2) is 0 Å². The number of carbonyl (C=O) groups excluding carboxylic acids is 1. The Kier molecular flexibility index (Phi) is 6.64. The van der Waals surface area contributed by atoms with Gasteiger partial charge in [-0.15, -0.1) is 0 Å². The lowest BCUT2D eigenvalue weighted by molar-refractivity contribution is -0.00167. The first-order chi connectivity index (χ1) is 18.6. The highest BCUT2D eigenvalue weighted by atomic mass is 16.2. The van der Waals surface area contributed by atoms with Gasteiger partial charge in [-0.05, 0) is 36.1 Å². The zero-order valence-electron chi connectivity index (χ0n) is 21.5. The highest BCUT2D eigenvalue weighted by molar-refractivity contribution is 6.00. The van der Waals surface area contributed by atoms with Crippen molar-refractivity contribution in [3.05, 3.63) is 113 Å². The molecule has 0 atom stereocenters. The second-order valence-corrected chi connectivity index (χ2v) is 10.5. The van der Waals surface area contributed by atoms with Crippen LogP contribution in [0.4, 0.5) is 0 Å². The molecule has 1 aliphatic heterocycles. The number of hydrogen-bond donors (Lipinski definition) is 1. The standard InChI is InChI=1S/C32H32N4O2/c37-30-26(13-14-29(34-30)25-11-5-2-6-12-25)22-36-20-19-35(23-32(36)16-7-8-17-32)31(38)27-15-18-33-21-28(27)24-9-3-1-4-10-24/h1-6,9-15,18,21H,7-8,16-17,19-20,22-23H2,(H,34,37). The smallest absolute Gasteiger partial charge is 0.254 e. The summed E-state index contributed by atoms with van der Waals surface area (Å²) in [6, 6.07) is 25.7. The van der Waals surface area contributed by atoms with Crippen LogP contribution in [0.2, 0.25) is 0 Å². The molecule has 2 aliphatic rings. The Morgan fingerprint density at radius 2 is 1.58 bits per heavy atom. The number of nitrogens with zero attached hydrogens (tertiary/aromatic N) is 3. The van der Waals surface area contributed by atoms with Gasteiger partial charge in [0.1, 0.15) is 0 Å².